The molecule has 0 saturated carbocycles. The molecule has 0 radical (unpaired) electrons. The van der Waals surface area contributed by atoms with Crippen LogP contribution in [0, 0.1) is 0 Å². The number of nitrogens with one attached hydrogen (secondary N) is 1. The number of hydrogen-bond acceptors (Lipinski definition) is 6. The summed E-state index contributed by atoms with van der Waals surface area (Å²) in [6.07, 6.45) is 2.35. The van der Waals surface area contributed by atoms with Gasteiger partial charge in [-0.2, -0.15) is 4.98 Å². The van der Waals surface area contributed by atoms with Crippen molar-refractivity contribution in [2.24, 2.45) is 0 Å². The molecule has 6 nitrogen and oxygen atoms in total. The second-order valence-corrected chi connectivity index (χ2v) is 4.85. The highest BCUT2D eigenvalue weighted by Gasteiger charge is 2.33. The van der Waals surface area contributed by atoms with Crippen LogP contribution in [0.15, 0.2) is 28.9 Å². The number of aromatic nitrogens is 3. The number of nitrogens with zero attached hydrogens (tertiary/aromatic N) is 3. The quantitative estimate of drug-likeness (QED) is 0.881. The van der Waals surface area contributed by atoms with Crippen LogP contribution in [0.5, 0.6) is 0 Å². The van der Waals surface area contributed by atoms with Crippen molar-refractivity contribution in [1.82, 2.24) is 20.4 Å². The van der Waals surface area contributed by atoms with Gasteiger partial charge in [0.15, 0.2) is 5.82 Å². The fourth-order valence-corrected chi connectivity index (χ4v) is 2.42. The number of ether oxygens (including phenoxy) is 1. The maximum atomic E-state index is 5.50. The molecule has 0 amide bonds. The molecule has 6 heteroatoms. The molecule has 1 N–H and O–H groups in total. The lowest BCUT2D eigenvalue weighted by Gasteiger charge is -2.13. The second-order valence-electron chi connectivity index (χ2n) is 4.85. The molecule has 106 valence electrons. The van der Waals surface area contributed by atoms with Crippen LogP contribution < -0.4 is 5.32 Å². The first-order valence-electron chi connectivity index (χ1n) is 6.90. The predicted octanol–water partition coefficient (Wildman–Crippen LogP) is 1.15. The van der Waals surface area contributed by atoms with Gasteiger partial charge >= 0.3 is 0 Å². The van der Waals surface area contributed by atoms with E-state index >= 15 is 0 Å². The average molecular weight is 274 g/mol. The highest BCUT2D eigenvalue weighted by Crippen LogP contribution is 2.24. The third kappa shape index (κ3) is 2.86. The molecule has 0 bridgehead atoms. The topological polar surface area (TPSA) is 73.1 Å². The molecule has 2 aromatic rings. The third-order valence-corrected chi connectivity index (χ3v) is 3.41. The van der Waals surface area contributed by atoms with Crippen molar-refractivity contribution in [3.05, 3.63) is 41.8 Å². The van der Waals surface area contributed by atoms with Gasteiger partial charge in [0.25, 0.3) is 0 Å². The van der Waals surface area contributed by atoms with Crippen molar-refractivity contribution in [3.63, 3.8) is 0 Å². The Balaban J connectivity index is 1.70. The lowest BCUT2D eigenvalue weighted by molar-refractivity contribution is 0.185. The Morgan fingerprint density at radius 1 is 1.35 bits per heavy atom. The molecule has 2 unspecified atom stereocenters. The molecule has 0 aromatic carbocycles. The molecule has 1 saturated heterocycles. The van der Waals surface area contributed by atoms with Crippen LogP contribution in [-0.4, -0.2) is 40.9 Å². The van der Waals surface area contributed by atoms with E-state index in [1.54, 1.807) is 6.20 Å². The summed E-state index contributed by atoms with van der Waals surface area (Å²) in [5.74, 6) is 1.46. The van der Waals surface area contributed by atoms with Crippen LogP contribution in [0.25, 0.3) is 0 Å². The summed E-state index contributed by atoms with van der Waals surface area (Å²) in [4.78, 5) is 8.75. The molecule has 1 aliphatic rings. The van der Waals surface area contributed by atoms with Crippen molar-refractivity contribution in [1.29, 1.82) is 0 Å². The first-order valence-corrected chi connectivity index (χ1v) is 6.90. The van der Waals surface area contributed by atoms with Crippen LogP contribution in [0.1, 0.15) is 30.3 Å². The summed E-state index contributed by atoms with van der Waals surface area (Å²) >= 11 is 0. The molecule has 3 rings (SSSR count). The maximum Gasteiger partial charge on any atom is 0.233 e. The van der Waals surface area contributed by atoms with Crippen molar-refractivity contribution < 1.29 is 9.26 Å². The Bertz CT molecular complexity index is 543. The predicted molar refractivity (Wildman–Crippen MR) is 72.4 cm³/mol. The minimum absolute atomic E-state index is 0.139. The summed E-state index contributed by atoms with van der Waals surface area (Å²) < 4.78 is 10.9. The summed E-state index contributed by atoms with van der Waals surface area (Å²) in [6, 6.07) is 6.05. The van der Waals surface area contributed by atoms with Crippen LogP contribution in [0.2, 0.25) is 0 Å². The molecule has 2 atom stereocenters. The lowest BCUT2D eigenvalue weighted by atomic mass is 10.0. The van der Waals surface area contributed by atoms with Gasteiger partial charge in [-0.25, -0.2) is 0 Å². The Morgan fingerprint density at radius 3 is 3.10 bits per heavy atom. The number of pyridine rings is 1. The van der Waals surface area contributed by atoms with E-state index in [1.165, 1.54) is 0 Å². The van der Waals surface area contributed by atoms with Crippen molar-refractivity contribution >= 4 is 0 Å². The van der Waals surface area contributed by atoms with Gasteiger partial charge in [0.2, 0.25) is 5.89 Å². The Hall–Kier alpha value is -1.79. The lowest BCUT2D eigenvalue weighted by Crippen LogP contribution is -2.34. The Morgan fingerprint density at radius 2 is 2.30 bits per heavy atom. The van der Waals surface area contributed by atoms with Crippen LogP contribution in [0.4, 0.5) is 0 Å². The molecule has 0 spiro atoms. The van der Waals surface area contributed by atoms with E-state index < -0.39 is 0 Å². The van der Waals surface area contributed by atoms with Crippen molar-refractivity contribution in [2.75, 3.05) is 19.8 Å². The molecule has 20 heavy (non-hydrogen) atoms. The zero-order chi connectivity index (χ0) is 13.8. The van der Waals surface area contributed by atoms with Crippen LogP contribution in [0.3, 0.4) is 0 Å². The third-order valence-electron chi connectivity index (χ3n) is 3.41. The molecule has 1 aliphatic heterocycles. The fraction of sp³-hybridized carbons (Fsp3) is 0.500. The Labute approximate surface area is 117 Å². The van der Waals surface area contributed by atoms with E-state index in [-0.39, 0.29) is 12.0 Å². The van der Waals surface area contributed by atoms with E-state index in [0.29, 0.717) is 31.3 Å². The van der Waals surface area contributed by atoms with Gasteiger partial charge in [-0.05, 0) is 18.7 Å². The normalized spacial score (nSPS) is 22.2. The van der Waals surface area contributed by atoms with Crippen molar-refractivity contribution in [3.8, 4) is 0 Å². The monoisotopic (exact) mass is 274 g/mol. The fourth-order valence-electron chi connectivity index (χ4n) is 2.42. The number of rotatable bonds is 5. The zero-order valence-corrected chi connectivity index (χ0v) is 11.5. The largest absolute Gasteiger partial charge is 0.379 e. The smallest absolute Gasteiger partial charge is 0.233 e. The minimum Gasteiger partial charge on any atom is -0.379 e. The van der Waals surface area contributed by atoms with Crippen LogP contribution >= 0.6 is 0 Å². The van der Waals surface area contributed by atoms with Crippen LogP contribution in [-0.2, 0) is 11.2 Å². The molecule has 3 heterocycles. The van der Waals surface area contributed by atoms with Gasteiger partial charge in [-0.15, -0.1) is 0 Å². The van der Waals surface area contributed by atoms with Gasteiger partial charge in [-0.3, -0.25) is 4.98 Å². The van der Waals surface area contributed by atoms with E-state index in [9.17, 15) is 0 Å². The first kappa shape index (κ1) is 13.2. The standard InChI is InChI=1S/C14H18N4O2/c1-2-15-12-9-19-8-11(12)14-17-13(18-20-14)7-10-5-3-4-6-16-10/h3-6,11-12,15H,2,7-9H2,1H3. The Kier molecular flexibility index (Phi) is 4.03. The maximum absolute atomic E-state index is 5.50. The van der Waals surface area contributed by atoms with E-state index in [4.69, 9.17) is 9.26 Å². The van der Waals surface area contributed by atoms with E-state index in [2.05, 4.69) is 27.4 Å². The van der Waals surface area contributed by atoms with E-state index in [0.717, 1.165) is 12.2 Å². The number of likely N-dealkylation sites (N-methyl/N-ethyl adjacent to an activating group) is 1. The first-order chi connectivity index (χ1) is 9.86. The second kappa shape index (κ2) is 6.11. The minimum atomic E-state index is 0.139. The SMILES string of the molecule is CCNC1COCC1c1nc(Cc2ccccn2)no1. The van der Waals surface area contributed by atoms with Gasteiger partial charge in [0.05, 0.1) is 25.6 Å². The van der Waals surface area contributed by atoms with E-state index in [1.807, 2.05) is 18.2 Å². The van der Waals surface area contributed by atoms with Gasteiger partial charge in [-0.1, -0.05) is 18.1 Å². The highest BCUT2D eigenvalue weighted by molar-refractivity contribution is 5.10. The molecular formula is C14H18N4O2. The molecular weight excluding hydrogens is 256 g/mol. The average Bonchev–Trinajstić information content (AvgIpc) is 3.09. The van der Waals surface area contributed by atoms with Crippen molar-refractivity contribution in [2.45, 2.75) is 25.3 Å². The van der Waals surface area contributed by atoms with Gasteiger partial charge < -0.3 is 14.6 Å². The summed E-state index contributed by atoms with van der Waals surface area (Å²) in [7, 11) is 0. The molecule has 2 aromatic heterocycles. The molecule has 0 aliphatic carbocycles. The van der Waals surface area contributed by atoms with Gasteiger partial charge in [0.1, 0.15) is 0 Å². The number of hydrogen-bond donors (Lipinski definition) is 1. The summed E-state index contributed by atoms with van der Waals surface area (Å²) in [5.41, 5.74) is 0.936. The highest BCUT2D eigenvalue weighted by atomic mass is 16.5. The summed E-state index contributed by atoms with van der Waals surface area (Å²) in [6.45, 7) is 4.30. The van der Waals surface area contributed by atoms with Gasteiger partial charge in [0, 0.05) is 17.9 Å². The zero-order valence-electron chi connectivity index (χ0n) is 11.5. The summed E-state index contributed by atoms with van der Waals surface area (Å²) in [5, 5.41) is 7.43. The molecule has 1 fully saturated rings.